The van der Waals surface area contributed by atoms with Gasteiger partial charge in [0.05, 0.1) is 6.54 Å². The highest BCUT2D eigenvalue weighted by Crippen LogP contribution is 2.27. The van der Waals surface area contributed by atoms with E-state index in [2.05, 4.69) is 50.4 Å². The fraction of sp³-hybridized carbons (Fsp3) is 0.389. The SMILES string of the molecule is Cc1ccc(-c2nc(CN3CCC(c4ccn[nH]4)CC3)no2)cc1. The van der Waals surface area contributed by atoms with Gasteiger partial charge in [0, 0.05) is 23.4 Å². The van der Waals surface area contributed by atoms with Gasteiger partial charge >= 0.3 is 0 Å². The molecule has 1 fully saturated rings. The molecule has 2 aromatic heterocycles. The first-order chi connectivity index (χ1) is 11.8. The van der Waals surface area contributed by atoms with Crippen LogP contribution in [0.3, 0.4) is 0 Å². The van der Waals surface area contributed by atoms with Crippen LogP contribution in [0.1, 0.15) is 35.8 Å². The van der Waals surface area contributed by atoms with Crippen molar-refractivity contribution in [1.82, 2.24) is 25.2 Å². The van der Waals surface area contributed by atoms with Crippen LogP contribution in [0.25, 0.3) is 11.5 Å². The summed E-state index contributed by atoms with van der Waals surface area (Å²) >= 11 is 0. The second-order valence-electron chi connectivity index (χ2n) is 6.44. The zero-order chi connectivity index (χ0) is 16.4. The van der Waals surface area contributed by atoms with Gasteiger partial charge in [-0.05, 0) is 51.1 Å². The molecule has 3 heterocycles. The molecule has 1 saturated heterocycles. The maximum atomic E-state index is 5.41. The van der Waals surface area contributed by atoms with Gasteiger partial charge in [-0.1, -0.05) is 22.9 Å². The summed E-state index contributed by atoms with van der Waals surface area (Å²) in [6.45, 7) is 4.89. The van der Waals surface area contributed by atoms with Crippen LogP contribution < -0.4 is 0 Å². The van der Waals surface area contributed by atoms with Crippen molar-refractivity contribution in [3.8, 4) is 11.5 Å². The van der Waals surface area contributed by atoms with Gasteiger partial charge < -0.3 is 4.52 Å². The molecule has 0 radical (unpaired) electrons. The molecule has 0 unspecified atom stereocenters. The highest BCUT2D eigenvalue weighted by atomic mass is 16.5. The van der Waals surface area contributed by atoms with Crippen LogP contribution in [-0.2, 0) is 6.54 Å². The monoisotopic (exact) mass is 323 g/mol. The predicted octanol–water partition coefficient (Wildman–Crippen LogP) is 3.15. The van der Waals surface area contributed by atoms with Gasteiger partial charge in [-0.3, -0.25) is 10.00 Å². The molecule has 124 valence electrons. The Balaban J connectivity index is 1.36. The lowest BCUT2D eigenvalue weighted by atomic mass is 9.94. The Morgan fingerprint density at radius 1 is 1.17 bits per heavy atom. The van der Waals surface area contributed by atoms with Crippen LogP contribution in [0.15, 0.2) is 41.1 Å². The molecule has 0 amide bonds. The number of H-pyrrole nitrogens is 1. The Morgan fingerprint density at radius 3 is 2.67 bits per heavy atom. The summed E-state index contributed by atoms with van der Waals surface area (Å²) in [7, 11) is 0. The molecular weight excluding hydrogens is 302 g/mol. The van der Waals surface area contributed by atoms with E-state index in [9.17, 15) is 0 Å². The number of nitrogens with zero attached hydrogens (tertiary/aromatic N) is 4. The minimum atomic E-state index is 0.581. The molecule has 4 rings (SSSR count). The third-order valence-corrected chi connectivity index (χ3v) is 4.68. The second kappa shape index (κ2) is 6.57. The molecule has 1 aliphatic rings. The molecule has 6 heteroatoms. The summed E-state index contributed by atoms with van der Waals surface area (Å²) in [6, 6.07) is 10.2. The van der Waals surface area contributed by atoms with Crippen LogP contribution in [0.2, 0.25) is 0 Å². The largest absolute Gasteiger partial charge is 0.334 e. The van der Waals surface area contributed by atoms with Gasteiger partial charge in [0.2, 0.25) is 0 Å². The highest BCUT2D eigenvalue weighted by molar-refractivity contribution is 5.53. The van der Waals surface area contributed by atoms with Crippen molar-refractivity contribution < 1.29 is 4.52 Å². The Bertz CT molecular complexity index is 770. The van der Waals surface area contributed by atoms with E-state index in [1.54, 1.807) is 0 Å². The summed E-state index contributed by atoms with van der Waals surface area (Å²) in [5, 5.41) is 11.3. The first kappa shape index (κ1) is 15.1. The molecule has 1 N–H and O–H groups in total. The summed E-state index contributed by atoms with van der Waals surface area (Å²) in [4.78, 5) is 6.92. The summed E-state index contributed by atoms with van der Waals surface area (Å²) in [5.41, 5.74) is 3.44. The quantitative estimate of drug-likeness (QED) is 0.798. The average Bonchev–Trinajstić information content (AvgIpc) is 3.28. The topological polar surface area (TPSA) is 70.8 Å². The van der Waals surface area contributed by atoms with Gasteiger partial charge in [0.25, 0.3) is 5.89 Å². The number of benzene rings is 1. The number of piperidine rings is 1. The first-order valence-electron chi connectivity index (χ1n) is 8.39. The maximum Gasteiger partial charge on any atom is 0.257 e. The Hall–Kier alpha value is -2.47. The zero-order valence-corrected chi connectivity index (χ0v) is 13.8. The molecular formula is C18H21N5O. The molecule has 0 spiro atoms. The van der Waals surface area contributed by atoms with Crippen LogP contribution in [0.4, 0.5) is 0 Å². The maximum absolute atomic E-state index is 5.41. The second-order valence-corrected chi connectivity index (χ2v) is 6.44. The fourth-order valence-corrected chi connectivity index (χ4v) is 3.23. The third-order valence-electron chi connectivity index (χ3n) is 4.68. The summed E-state index contributed by atoms with van der Waals surface area (Å²) in [5.74, 6) is 1.93. The summed E-state index contributed by atoms with van der Waals surface area (Å²) < 4.78 is 5.41. The number of nitrogens with one attached hydrogen (secondary N) is 1. The number of rotatable bonds is 4. The van der Waals surface area contributed by atoms with E-state index in [4.69, 9.17) is 4.52 Å². The average molecular weight is 323 g/mol. The van der Waals surface area contributed by atoms with Crippen LogP contribution in [0, 0.1) is 6.92 Å². The smallest absolute Gasteiger partial charge is 0.257 e. The van der Waals surface area contributed by atoms with Crippen molar-refractivity contribution in [1.29, 1.82) is 0 Å². The summed E-state index contributed by atoms with van der Waals surface area (Å²) in [6.07, 6.45) is 4.09. The van der Waals surface area contributed by atoms with Crippen molar-refractivity contribution in [2.45, 2.75) is 32.2 Å². The Labute approximate surface area is 140 Å². The fourth-order valence-electron chi connectivity index (χ4n) is 3.23. The van der Waals surface area contributed by atoms with Crippen molar-refractivity contribution >= 4 is 0 Å². The van der Waals surface area contributed by atoms with Gasteiger partial charge in [-0.2, -0.15) is 10.1 Å². The molecule has 1 aliphatic heterocycles. The van der Waals surface area contributed by atoms with Crippen LogP contribution >= 0.6 is 0 Å². The van der Waals surface area contributed by atoms with Crippen molar-refractivity contribution in [3.63, 3.8) is 0 Å². The van der Waals surface area contributed by atoms with E-state index in [0.29, 0.717) is 11.8 Å². The predicted molar refractivity (Wildman–Crippen MR) is 90.3 cm³/mol. The number of likely N-dealkylation sites (tertiary alicyclic amines) is 1. The number of aryl methyl sites for hydroxylation is 1. The Kier molecular flexibility index (Phi) is 4.13. The van der Waals surface area contributed by atoms with E-state index in [1.165, 1.54) is 11.3 Å². The van der Waals surface area contributed by atoms with E-state index >= 15 is 0 Å². The molecule has 3 aromatic rings. The first-order valence-corrected chi connectivity index (χ1v) is 8.39. The molecule has 6 nitrogen and oxygen atoms in total. The minimum Gasteiger partial charge on any atom is -0.334 e. The lowest BCUT2D eigenvalue weighted by Crippen LogP contribution is -2.32. The minimum absolute atomic E-state index is 0.581. The lowest BCUT2D eigenvalue weighted by Gasteiger charge is -2.30. The van der Waals surface area contributed by atoms with Gasteiger partial charge in [0.15, 0.2) is 5.82 Å². The third kappa shape index (κ3) is 3.23. The molecule has 1 aromatic carbocycles. The van der Waals surface area contributed by atoms with Gasteiger partial charge in [0.1, 0.15) is 0 Å². The lowest BCUT2D eigenvalue weighted by molar-refractivity contribution is 0.196. The van der Waals surface area contributed by atoms with E-state index < -0.39 is 0 Å². The number of hydrogen-bond acceptors (Lipinski definition) is 5. The number of hydrogen-bond donors (Lipinski definition) is 1. The van der Waals surface area contributed by atoms with Crippen molar-refractivity contribution in [2.75, 3.05) is 13.1 Å². The normalized spacial score (nSPS) is 16.5. The molecule has 0 bridgehead atoms. The standard InChI is InChI=1S/C18H21N5O/c1-13-2-4-15(5-3-13)18-20-17(22-24-18)12-23-10-7-14(8-11-23)16-6-9-19-21-16/h2-6,9,14H,7-8,10-12H2,1H3,(H,19,21). The van der Waals surface area contributed by atoms with E-state index in [0.717, 1.165) is 43.9 Å². The van der Waals surface area contributed by atoms with E-state index in [-0.39, 0.29) is 0 Å². The molecule has 24 heavy (non-hydrogen) atoms. The van der Waals surface area contributed by atoms with Crippen molar-refractivity contribution in [2.24, 2.45) is 0 Å². The van der Waals surface area contributed by atoms with Gasteiger partial charge in [-0.15, -0.1) is 0 Å². The van der Waals surface area contributed by atoms with Crippen molar-refractivity contribution in [3.05, 3.63) is 53.6 Å². The number of aromatic nitrogens is 4. The highest BCUT2D eigenvalue weighted by Gasteiger charge is 2.22. The molecule has 0 aliphatic carbocycles. The molecule has 0 saturated carbocycles. The Morgan fingerprint density at radius 2 is 1.96 bits per heavy atom. The molecule has 0 atom stereocenters. The number of aromatic amines is 1. The van der Waals surface area contributed by atoms with E-state index in [1.807, 2.05) is 18.3 Å². The zero-order valence-electron chi connectivity index (χ0n) is 13.8. The van der Waals surface area contributed by atoms with Crippen LogP contribution in [-0.4, -0.2) is 38.3 Å². The van der Waals surface area contributed by atoms with Gasteiger partial charge in [-0.25, -0.2) is 0 Å². The van der Waals surface area contributed by atoms with Crippen LogP contribution in [0.5, 0.6) is 0 Å².